The Bertz CT molecular complexity index is 436. The second-order valence-corrected chi connectivity index (χ2v) is 7.94. The number of carbonyl (C=O) groups is 1. The van der Waals surface area contributed by atoms with Gasteiger partial charge in [0.1, 0.15) is 5.75 Å². The minimum Gasteiger partial charge on any atom is -0.492 e. The molecule has 3 heteroatoms. The van der Waals surface area contributed by atoms with Crippen molar-refractivity contribution in [3.05, 3.63) is 29.3 Å². The van der Waals surface area contributed by atoms with E-state index in [4.69, 9.17) is 4.74 Å². The molecule has 1 heterocycles. The molecule has 1 aliphatic heterocycles. The lowest BCUT2D eigenvalue weighted by molar-refractivity contribution is 0.101. The third-order valence-electron chi connectivity index (χ3n) is 3.69. The molecule has 104 valence electrons. The quantitative estimate of drug-likeness (QED) is 0.594. The summed E-state index contributed by atoms with van der Waals surface area (Å²) in [5.41, 5.74) is 1.78. The van der Waals surface area contributed by atoms with Gasteiger partial charge in [0.25, 0.3) is 0 Å². The van der Waals surface area contributed by atoms with Crippen molar-refractivity contribution in [2.24, 2.45) is 0 Å². The zero-order chi connectivity index (χ0) is 13.7. The maximum Gasteiger partial charge on any atom is 0.163 e. The molecular weight excluding hydrogens is 255 g/mol. The number of aryl methyl sites for hydroxylation is 1. The summed E-state index contributed by atoms with van der Waals surface area (Å²) < 4.78 is 5.93. The maximum atomic E-state index is 11.6. The van der Waals surface area contributed by atoms with E-state index in [1.807, 2.05) is 25.1 Å². The fraction of sp³-hybridized carbons (Fsp3) is 0.562. The van der Waals surface area contributed by atoms with Crippen LogP contribution < -0.4 is 4.74 Å². The molecular formula is C16H23O2P. The number of ketones is 1. The SMILES string of the molecule is CC(=O)c1cccc(C)c1OCCP1CCCCC1. The van der Waals surface area contributed by atoms with Gasteiger partial charge in [-0.1, -0.05) is 18.6 Å². The number of benzene rings is 1. The summed E-state index contributed by atoms with van der Waals surface area (Å²) in [5, 5.41) is 0. The second kappa shape index (κ2) is 7.05. The van der Waals surface area contributed by atoms with Crippen molar-refractivity contribution < 1.29 is 9.53 Å². The van der Waals surface area contributed by atoms with Crippen LogP contribution in [0.3, 0.4) is 0 Å². The van der Waals surface area contributed by atoms with Crippen LogP contribution in [0, 0.1) is 6.92 Å². The monoisotopic (exact) mass is 278 g/mol. The third kappa shape index (κ3) is 4.04. The number of Topliss-reactive ketones (excluding diaryl/α,β-unsaturated/α-hetero) is 1. The first-order valence-corrected chi connectivity index (χ1v) is 9.04. The molecule has 0 aliphatic carbocycles. The number of ether oxygens (including phenoxy) is 1. The maximum absolute atomic E-state index is 11.6. The Kier molecular flexibility index (Phi) is 5.39. The lowest BCUT2D eigenvalue weighted by atomic mass is 10.1. The average Bonchev–Trinajstić information content (AvgIpc) is 2.41. The Labute approximate surface area is 117 Å². The Morgan fingerprint density at radius 1 is 1.26 bits per heavy atom. The largest absolute Gasteiger partial charge is 0.492 e. The van der Waals surface area contributed by atoms with Crippen LogP contribution >= 0.6 is 7.92 Å². The lowest BCUT2D eigenvalue weighted by Gasteiger charge is -2.22. The van der Waals surface area contributed by atoms with E-state index in [0.29, 0.717) is 0 Å². The standard InChI is InChI=1S/C16H23O2P/c1-13-7-6-8-15(14(2)17)16(13)18-9-12-19-10-4-3-5-11-19/h6-8H,3-5,9-12H2,1-2H3. The molecule has 19 heavy (non-hydrogen) atoms. The molecule has 2 rings (SSSR count). The van der Waals surface area contributed by atoms with Crippen LogP contribution in [-0.2, 0) is 0 Å². The molecule has 1 saturated heterocycles. The van der Waals surface area contributed by atoms with Crippen molar-refractivity contribution in [1.29, 1.82) is 0 Å². The number of hydrogen-bond acceptors (Lipinski definition) is 2. The van der Waals surface area contributed by atoms with Crippen molar-refractivity contribution in [3.63, 3.8) is 0 Å². The van der Waals surface area contributed by atoms with Crippen molar-refractivity contribution >= 4 is 13.7 Å². The normalized spacial score (nSPS) is 16.3. The van der Waals surface area contributed by atoms with Gasteiger partial charge in [-0.2, -0.15) is 0 Å². The zero-order valence-electron chi connectivity index (χ0n) is 11.9. The summed E-state index contributed by atoms with van der Waals surface area (Å²) in [6.45, 7) is 4.37. The van der Waals surface area contributed by atoms with E-state index in [2.05, 4.69) is 0 Å². The van der Waals surface area contributed by atoms with Gasteiger partial charge in [0.05, 0.1) is 12.2 Å². The molecule has 0 atom stereocenters. The van der Waals surface area contributed by atoms with E-state index in [1.165, 1.54) is 37.7 Å². The van der Waals surface area contributed by atoms with Crippen LogP contribution in [0.1, 0.15) is 42.1 Å². The highest BCUT2D eigenvalue weighted by molar-refractivity contribution is 7.57. The summed E-state index contributed by atoms with van der Waals surface area (Å²) in [7, 11) is 0.187. The minimum absolute atomic E-state index is 0.0853. The van der Waals surface area contributed by atoms with Gasteiger partial charge in [0.15, 0.2) is 5.78 Å². The fourth-order valence-electron chi connectivity index (χ4n) is 2.58. The van der Waals surface area contributed by atoms with Crippen molar-refractivity contribution in [2.45, 2.75) is 33.1 Å². The van der Waals surface area contributed by atoms with Crippen LogP contribution in [0.25, 0.3) is 0 Å². The molecule has 0 saturated carbocycles. The topological polar surface area (TPSA) is 26.3 Å². The van der Waals surface area contributed by atoms with Gasteiger partial charge in [-0.05, 0) is 50.6 Å². The van der Waals surface area contributed by atoms with E-state index < -0.39 is 0 Å². The summed E-state index contributed by atoms with van der Waals surface area (Å²) in [6.07, 6.45) is 8.20. The van der Waals surface area contributed by atoms with Gasteiger partial charge >= 0.3 is 0 Å². The fourth-order valence-corrected chi connectivity index (χ4v) is 4.94. The first-order valence-electron chi connectivity index (χ1n) is 7.14. The Morgan fingerprint density at radius 2 is 2.00 bits per heavy atom. The molecule has 0 bridgehead atoms. The number of hydrogen-bond donors (Lipinski definition) is 0. The highest BCUT2D eigenvalue weighted by Crippen LogP contribution is 2.41. The predicted octanol–water partition coefficient (Wildman–Crippen LogP) is 4.24. The number of para-hydroxylation sites is 1. The van der Waals surface area contributed by atoms with E-state index >= 15 is 0 Å². The van der Waals surface area contributed by atoms with E-state index in [-0.39, 0.29) is 13.7 Å². The third-order valence-corrected chi connectivity index (χ3v) is 6.41. The van der Waals surface area contributed by atoms with Crippen molar-refractivity contribution in [2.75, 3.05) is 25.1 Å². The molecule has 0 N–H and O–H groups in total. The Balaban J connectivity index is 1.93. The molecule has 2 nitrogen and oxygen atoms in total. The van der Waals surface area contributed by atoms with Crippen molar-refractivity contribution in [3.8, 4) is 5.75 Å². The van der Waals surface area contributed by atoms with Crippen LogP contribution in [0.2, 0.25) is 0 Å². The van der Waals surface area contributed by atoms with Gasteiger partial charge < -0.3 is 4.74 Å². The smallest absolute Gasteiger partial charge is 0.163 e. The highest BCUT2D eigenvalue weighted by Gasteiger charge is 2.14. The Morgan fingerprint density at radius 3 is 2.68 bits per heavy atom. The first kappa shape index (κ1) is 14.5. The molecule has 1 aromatic rings. The Hall–Kier alpha value is -0.880. The van der Waals surface area contributed by atoms with Gasteiger partial charge in [-0.15, -0.1) is 7.92 Å². The van der Waals surface area contributed by atoms with Gasteiger partial charge in [-0.3, -0.25) is 4.79 Å². The second-order valence-electron chi connectivity index (χ2n) is 5.26. The molecule has 0 amide bonds. The van der Waals surface area contributed by atoms with Gasteiger partial charge in [0.2, 0.25) is 0 Å². The highest BCUT2D eigenvalue weighted by atomic mass is 31.1. The van der Waals surface area contributed by atoms with Crippen LogP contribution in [0.5, 0.6) is 5.75 Å². The zero-order valence-corrected chi connectivity index (χ0v) is 12.8. The van der Waals surface area contributed by atoms with E-state index in [0.717, 1.165) is 23.5 Å². The molecule has 0 radical (unpaired) electrons. The minimum atomic E-state index is 0.0853. The van der Waals surface area contributed by atoms with Crippen LogP contribution in [-0.4, -0.2) is 30.9 Å². The summed E-state index contributed by atoms with van der Waals surface area (Å²) in [4.78, 5) is 11.6. The van der Waals surface area contributed by atoms with Crippen LogP contribution in [0.4, 0.5) is 0 Å². The summed E-state index contributed by atoms with van der Waals surface area (Å²) in [5.74, 6) is 0.879. The summed E-state index contributed by atoms with van der Waals surface area (Å²) >= 11 is 0. The van der Waals surface area contributed by atoms with Crippen molar-refractivity contribution in [1.82, 2.24) is 0 Å². The number of rotatable bonds is 5. The van der Waals surface area contributed by atoms with Crippen LogP contribution in [0.15, 0.2) is 18.2 Å². The van der Waals surface area contributed by atoms with Gasteiger partial charge in [0, 0.05) is 6.16 Å². The molecule has 0 aromatic heterocycles. The predicted molar refractivity (Wildman–Crippen MR) is 82.1 cm³/mol. The molecule has 0 unspecified atom stereocenters. The lowest BCUT2D eigenvalue weighted by Crippen LogP contribution is -2.10. The molecule has 1 fully saturated rings. The van der Waals surface area contributed by atoms with Gasteiger partial charge in [-0.25, -0.2) is 0 Å². The summed E-state index contributed by atoms with van der Waals surface area (Å²) in [6, 6.07) is 5.79. The number of carbonyl (C=O) groups excluding carboxylic acids is 1. The molecule has 1 aromatic carbocycles. The average molecular weight is 278 g/mol. The molecule has 1 aliphatic rings. The molecule has 0 spiro atoms. The van der Waals surface area contributed by atoms with E-state index in [1.54, 1.807) is 6.92 Å². The first-order chi connectivity index (χ1) is 9.18. The van der Waals surface area contributed by atoms with E-state index in [9.17, 15) is 4.79 Å².